The van der Waals surface area contributed by atoms with Crippen LogP contribution in [0, 0.1) is 5.92 Å². The standard InChI is InChI=1S/C14H24N2O3/c1-10-6-4-3-5-8-15(10)14(19)16-9-7-12(11(16)2)13(17)18/h10-12H,3-9H2,1-2H3,(H,17,18). The SMILES string of the molecule is CC1CCCCCN1C(=O)N1CCC(C(=O)O)C1C. The first-order valence-electron chi connectivity index (χ1n) is 7.32. The lowest BCUT2D eigenvalue weighted by Crippen LogP contribution is -2.49. The molecule has 2 fully saturated rings. The molecule has 19 heavy (non-hydrogen) atoms. The van der Waals surface area contributed by atoms with Crippen LogP contribution in [-0.4, -0.2) is 52.1 Å². The molecule has 2 heterocycles. The predicted octanol–water partition coefficient (Wildman–Crippen LogP) is 2.17. The highest BCUT2D eigenvalue weighted by Gasteiger charge is 2.40. The molecule has 2 saturated heterocycles. The molecule has 5 heteroatoms. The van der Waals surface area contributed by atoms with Crippen molar-refractivity contribution in [2.24, 2.45) is 5.92 Å². The summed E-state index contributed by atoms with van der Waals surface area (Å²) in [6.45, 7) is 5.33. The molecule has 0 radical (unpaired) electrons. The Morgan fingerprint density at radius 2 is 1.74 bits per heavy atom. The van der Waals surface area contributed by atoms with Gasteiger partial charge in [0.05, 0.1) is 5.92 Å². The van der Waals surface area contributed by atoms with E-state index in [0.29, 0.717) is 13.0 Å². The van der Waals surface area contributed by atoms with Crippen LogP contribution in [0.15, 0.2) is 0 Å². The molecule has 2 amide bonds. The van der Waals surface area contributed by atoms with Crippen LogP contribution in [0.5, 0.6) is 0 Å². The number of hydrogen-bond donors (Lipinski definition) is 1. The summed E-state index contributed by atoms with van der Waals surface area (Å²) in [5.74, 6) is -1.20. The molecule has 0 spiro atoms. The van der Waals surface area contributed by atoms with E-state index < -0.39 is 11.9 Å². The Balaban J connectivity index is 2.05. The lowest BCUT2D eigenvalue weighted by molar-refractivity contribution is -0.142. The third kappa shape index (κ3) is 2.85. The summed E-state index contributed by atoms with van der Waals surface area (Å²) in [6, 6.07) is 0.109. The predicted molar refractivity (Wildman–Crippen MR) is 71.9 cm³/mol. The molecule has 2 rings (SSSR count). The smallest absolute Gasteiger partial charge is 0.320 e. The molecular weight excluding hydrogens is 244 g/mol. The van der Waals surface area contributed by atoms with Crippen LogP contribution in [0.1, 0.15) is 46.0 Å². The van der Waals surface area contributed by atoms with Crippen molar-refractivity contribution >= 4 is 12.0 Å². The molecule has 0 aliphatic carbocycles. The number of carboxylic acid groups (broad SMARTS) is 1. The second-order valence-corrected chi connectivity index (χ2v) is 5.84. The molecule has 1 N–H and O–H groups in total. The number of carbonyl (C=O) groups excluding carboxylic acids is 1. The van der Waals surface area contributed by atoms with Gasteiger partial charge in [0.15, 0.2) is 0 Å². The molecule has 108 valence electrons. The number of amides is 2. The number of likely N-dealkylation sites (tertiary alicyclic amines) is 2. The summed E-state index contributed by atoms with van der Waals surface area (Å²) >= 11 is 0. The van der Waals surface area contributed by atoms with Gasteiger partial charge in [-0.2, -0.15) is 0 Å². The Kier molecular flexibility index (Phi) is 4.32. The van der Waals surface area contributed by atoms with Crippen molar-refractivity contribution in [2.45, 2.75) is 58.0 Å². The maximum absolute atomic E-state index is 12.6. The molecule has 0 bridgehead atoms. The molecule has 5 nitrogen and oxygen atoms in total. The van der Waals surface area contributed by atoms with Gasteiger partial charge < -0.3 is 14.9 Å². The zero-order valence-corrected chi connectivity index (χ0v) is 11.8. The first kappa shape index (κ1) is 14.2. The Morgan fingerprint density at radius 1 is 1.00 bits per heavy atom. The van der Waals surface area contributed by atoms with E-state index in [4.69, 9.17) is 5.11 Å². The summed E-state index contributed by atoms with van der Waals surface area (Å²) in [5.41, 5.74) is 0. The van der Waals surface area contributed by atoms with Crippen molar-refractivity contribution in [1.82, 2.24) is 9.80 Å². The van der Waals surface area contributed by atoms with E-state index >= 15 is 0 Å². The summed E-state index contributed by atoms with van der Waals surface area (Å²) in [7, 11) is 0. The summed E-state index contributed by atoms with van der Waals surface area (Å²) in [5, 5.41) is 9.14. The zero-order valence-electron chi connectivity index (χ0n) is 11.8. The van der Waals surface area contributed by atoms with E-state index in [9.17, 15) is 9.59 Å². The van der Waals surface area contributed by atoms with E-state index in [1.165, 1.54) is 12.8 Å². The molecule has 0 saturated carbocycles. The van der Waals surface area contributed by atoms with Crippen molar-refractivity contribution in [1.29, 1.82) is 0 Å². The van der Waals surface area contributed by atoms with Crippen molar-refractivity contribution in [3.8, 4) is 0 Å². The lowest BCUT2D eigenvalue weighted by atomic mass is 10.0. The van der Waals surface area contributed by atoms with Crippen molar-refractivity contribution in [2.75, 3.05) is 13.1 Å². The number of aliphatic carboxylic acids is 1. The van der Waals surface area contributed by atoms with Gasteiger partial charge in [-0.25, -0.2) is 4.79 Å². The van der Waals surface area contributed by atoms with Gasteiger partial charge in [0.1, 0.15) is 0 Å². The molecule has 2 aliphatic heterocycles. The highest BCUT2D eigenvalue weighted by Crippen LogP contribution is 2.27. The van der Waals surface area contributed by atoms with Crippen LogP contribution in [0.2, 0.25) is 0 Å². The highest BCUT2D eigenvalue weighted by molar-refractivity contribution is 5.78. The van der Waals surface area contributed by atoms with Crippen molar-refractivity contribution in [3.63, 3.8) is 0 Å². The Morgan fingerprint density at radius 3 is 2.37 bits per heavy atom. The van der Waals surface area contributed by atoms with Crippen molar-refractivity contribution < 1.29 is 14.7 Å². The third-order valence-corrected chi connectivity index (χ3v) is 4.62. The minimum atomic E-state index is -0.785. The van der Waals surface area contributed by atoms with Gasteiger partial charge in [0.25, 0.3) is 0 Å². The highest BCUT2D eigenvalue weighted by atomic mass is 16.4. The van der Waals surface area contributed by atoms with Crippen LogP contribution in [-0.2, 0) is 4.79 Å². The number of carbonyl (C=O) groups is 2. The topological polar surface area (TPSA) is 60.9 Å². The van der Waals surface area contributed by atoms with Gasteiger partial charge in [-0.3, -0.25) is 4.79 Å². The molecule has 0 aromatic rings. The van der Waals surface area contributed by atoms with Gasteiger partial charge in [0, 0.05) is 25.2 Å². The minimum absolute atomic E-state index is 0.0330. The Labute approximate surface area is 114 Å². The average Bonchev–Trinajstić information content (AvgIpc) is 2.61. The first-order valence-corrected chi connectivity index (χ1v) is 7.32. The largest absolute Gasteiger partial charge is 0.481 e. The van der Waals surface area contributed by atoms with E-state index in [1.807, 2.05) is 11.8 Å². The van der Waals surface area contributed by atoms with E-state index in [-0.39, 0.29) is 18.1 Å². The fourth-order valence-corrected chi connectivity index (χ4v) is 3.26. The van der Waals surface area contributed by atoms with Crippen LogP contribution in [0.25, 0.3) is 0 Å². The first-order chi connectivity index (χ1) is 9.02. The molecule has 3 unspecified atom stereocenters. The molecule has 0 aromatic carbocycles. The van der Waals surface area contributed by atoms with Gasteiger partial charge >= 0.3 is 12.0 Å². The summed E-state index contributed by atoms with van der Waals surface area (Å²) < 4.78 is 0. The molecule has 3 atom stereocenters. The number of hydrogen-bond acceptors (Lipinski definition) is 2. The van der Waals surface area contributed by atoms with Crippen LogP contribution >= 0.6 is 0 Å². The number of urea groups is 1. The van der Waals surface area contributed by atoms with Gasteiger partial charge in [-0.1, -0.05) is 12.8 Å². The van der Waals surface area contributed by atoms with Crippen LogP contribution in [0.4, 0.5) is 4.79 Å². The quantitative estimate of drug-likeness (QED) is 0.792. The molecular formula is C14H24N2O3. The summed E-state index contributed by atoms with van der Waals surface area (Å²) in [4.78, 5) is 27.4. The van der Waals surface area contributed by atoms with Crippen LogP contribution in [0.3, 0.4) is 0 Å². The molecule has 2 aliphatic rings. The zero-order chi connectivity index (χ0) is 14.0. The number of rotatable bonds is 1. The van der Waals surface area contributed by atoms with Gasteiger partial charge in [-0.05, 0) is 33.1 Å². The minimum Gasteiger partial charge on any atom is -0.481 e. The Hall–Kier alpha value is -1.26. The fraction of sp³-hybridized carbons (Fsp3) is 0.857. The van der Waals surface area contributed by atoms with Crippen LogP contribution < -0.4 is 0 Å². The normalized spacial score (nSPS) is 32.2. The van der Waals surface area contributed by atoms with E-state index in [1.54, 1.807) is 4.90 Å². The number of carboxylic acids is 1. The maximum atomic E-state index is 12.6. The summed E-state index contributed by atoms with van der Waals surface area (Å²) in [6.07, 6.45) is 5.04. The number of nitrogens with zero attached hydrogens (tertiary/aromatic N) is 2. The fourth-order valence-electron chi connectivity index (χ4n) is 3.26. The van der Waals surface area contributed by atoms with Gasteiger partial charge in [-0.15, -0.1) is 0 Å². The second kappa shape index (κ2) is 5.80. The van der Waals surface area contributed by atoms with E-state index in [0.717, 1.165) is 19.4 Å². The van der Waals surface area contributed by atoms with Crippen molar-refractivity contribution in [3.05, 3.63) is 0 Å². The monoisotopic (exact) mass is 268 g/mol. The third-order valence-electron chi connectivity index (χ3n) is 4.62. The lowest BCUT2D eigenvalue weighted by Gasteiger charge is -2.34. The average molecular weight is 268 g/mol. The second-order valence-electron chi connectivity index (χ2n) is 5.84. The maximum Gasteiger partial charge on any atom is 0.320 e. The van der Waals surface area contributed by atoms with Gasteiger partial charge in [0.2, 0.25) is 0 Å². The van der Waals surface area contributed by atoms with E-state index in [2.05, 4.69) is 6.92 Å². The Bertz CT molecular complexity index is 359. The molecule has 0 aromatic heterocycles.